The summed E-state index contributed by atoms with van der Waals surface area (Å²) in [5, 5.41) is 0. The van der Waals surface area contributed by atoms with E-state index in [1.807, 2.05) is 0 Å². The van der Waals surface area contributed by atoms with Gasteiger partial charge in [-0.3, -0.25) is 0 Å². The average Bonchev–Trinajstić information content (AvgIpc) is 3.22. The zero-order valence-corrected chi connectivity index (χ0v) is 18.7. The van der Waals surface area contributed by atoms with Crippen LogP contribution in [0.2, 0.25) is 29.7 Å². The quantitative estimate of drug-likeness (QED) is 0.397. The first-order valence-electron chi connectivity index (χ1n) is 9.37. The summed E-state index contributed by atoms with van der Waals surface area (Å²) in [7, 11) is -3.41. The van der Waals surface area contributed by atoms with E-state index >= 15 is 0 Å². The third kappa shape index (κ3) is 3.34. The predicted molar refractivity (Wildman–Crippen MR) is 120 cm³/mol. The largest absolute Gasteiger partial charge is 0.124 e. The van der Waals surface area contributed by atoms with Crippen LogP contribution in [0.15, 0.2) is 83.4 Å². The summed E-state index contributed by atoms with van der Waals surface area (Å²) in [6.07, 6.45) is 9.35. The highest BCUT2D eigenvalue weighted by Crippen LogP contribution is 2.53. The second kappa shape index (κ2) is 7.47. The lowest BCUT2D eigenvalue weighted by atomic mass is 10.1. The fourth-order valence-electron chi connectivity index (χ4n) is 4.76. The van der Waals surface area contributed by atoms with Crippen molar-refractivity contribution in [1.82, 2.24) is 0 Å². The van der Waals surface area contributed by atoms with Crippen LogP contribution in [-0.4, -0.2) is 16.1 Å². The van der Waals surface area contributed by atoms with Crippen LogP contribution in [0, 0.1) is 0 Å². The van der Waals surface area contributed by atoms with Crippen molar-refractivity contribution in [2.45, 2.75) is 57.4 Å². The molecule has 2 heteroatoms. The molecular formula is C23H34Si2. The van der Waals surface area contributed by atoms with Gasteiger partial charge in [-0.2, -0.15) is 0 Å². The minimum Gasteiger partial charge on any atom is -0.106 e. The maximum atomic E-state index is 4.11. The number of hydrogen-bond acceptors (Lipinski definition) is 0. The topological polar surface area (TPSA) is 0 Å². The Balaban J connectivity index is 2.45. The second-order valence-electron chi connectivity index (χ2n) is 8.08. The van der Waals surface area contributed by atoms with Gasteiger partial charge in [0.05, 0.1) is 8.07 Å². The standard InChI is InChI=1S/C23H34Si2/c1-9-25(10-2,11-3)17-16-24(8,22-14-12-13-15-22)23-20(6)18(4)19(5)21(23)7/h9-15,22-23H,1-3,16-17H2,4-8H3. The van der Waals surface area contributed by atoms with E-state index in [0.29, 0.717) is 11.1 Å². The Hall–Kier alpha value is -1.39. The molecule has 0 saturated heterocycles. The van der Waals surface area contributed by atoms with Crippen LogP contribution >= 0.6 is 0 Å². The maximum absolute atomic E-state index is 4.11. The molecule has 1 atom stereocenters. The van der Waals surface area contributed by atoms with E-state index < -0.39 is 16.1 Å². The SMILES string of the molecule is C=C[Si](C=C)(C=C)CC[Si](C)(C1C=CC=C1)C1C(C)=C(C)C(C)=C1C. The van der Waals surface area contributed by atoms with Crippen LogP contribution in [0.4, 0.5) is 0 Å². The molecule has 0 aromatic carbocycles. The van der Waals surface area contributed by atoms with E-state index in [2.05, 4.69) is 95.4 Å². The smallest absolute Gasteiger partial charge is 0.106 e. The number of hydrogen-bond donors (Lipinski definition) is 0. The normalized spacial score (nSPS) is 21.2. The van der Waals surface area contributed by atoms with Gasteiger partial charge in [0.25, 0.3) is 0 Å². The maximum Gasteiger partial charge on any atom is 0.124 e. The molecule has 0 amide bonds. The van der Waals surface area contributed by atoms with Crippen LogP contribution in [0.3, 0.4) is 0 Å². The highest BCUT2D eigenvalue weighted by molar-refractivity contribution is 6.95. The first-order valence-corrected chi connectivity index (χ1v) is 14.7. The van der Waals surface area contributed by atoms with Crippen molar-refractivity contribution in [3.63, 3.8) is 0 Å². The minimum atomic E-state index is -1.76. The van der Waals surface area contributed by atoms with Crippen molar-refractivity contribution in [1.29, 1.82) is 0 Å². The molecule has 2 aliphatic rings. The Morgan fingerprint density at radius 1 is 0.840 bits per heavy atom. The van der Waals surface area contributed by atoms with Gasteiger partial charge in [0.15, 0.2) is 0 Å². The van der Waals surface area contributed by atoms with Gasteiger partial charge in [0, 0.05) is 0 Å². The molecule has 2 aliphatic carbocycles. The Kier molecular flexibility index (Phi) is 5.95. The molecule has 2 rings (SSSR count). The van der Waals surface area contributed by atoms with Crippen molar-refractivity contribution in [3.05, 3.63) is 83.4 Å². The van der Waals surface area contributed by atoms with Crippen molar-refractivity contribution >= 4 is 16.1 Å². The monoisotopic (exact) mass is 366 g/mol. The highest BCUT2D eigenvalue weighted by atomic mass is 28.3. The van der Waals surface area contributed by atoms with E-state index in [4.69, 9.17) is 0 Å². The molecule has 0 N–H and O–H groups in total. The molecule has 0 spiro atoms. The lowest BCUT2D eigenvalue weighted by Gasteiger charge is -2.41. The van der Waals surface area contributed by atoms with Gasteiger partial charge in [-0.25, -0.2) is 0 Å². The summed E-state index contributed by atoms with van der Waals surface area (Å²) in [5.74, 6) is 0. The van der Waals surface area contributed by atoms with Gasteiger partial charge < -0.3 is 0 Å². The van der Waals surface area contributed by atoms with Crippen LogP contribution < -0.4 is 0 Å². The van der Waals surface area contributed by atoms with E-state index in [1.165, 1.54) is 23.2 Å². The summed E-state index contributed by atoms with van der Waals surface area (Å²) in [5.41, 5.74) is 14.0. The second-order valence-corrected chi connectivity index (χ2v) is 16.8. The fourth-order valence-corrected chi connectivity index (χ4v) is 14.3. The first-order chi connectivity index (χ1) is 11.8. The highest BCUT2D eigenvalue weighted by Gasteiger charge is 2.46. The Morgan fingerprint density at radius 3 is 1.68 bits per heavy atom. The lowest BCUT2D eigenvalue weighted by molar-refractivity contribution is 0.998. The van der Waals surface area contributed by atoms with Gasteiger partial charge in [0.2, 0.25) is 0 Å². The third-order valence-electron chi connectivity index (χ3n) is 7.02. The zero-order valence-electron chi connectivity index (χ0n) is 16.7. The van der Waals surface area contributed by atoms with Crippen LogP contribution in [0.25, 0.3) is 0 Å². The molecule has 0 heterocycles. The summed E-state index contributed by atoms with van der Waals surface area (Å²) >= 11 is 0. The van der Waals surface area contributed by atoms with Crippen LogP contribution in [0.1, 0.15) is 27.7 Å². The van der Waals surface area contributed by atoms with Gasteiger partial charge in [-0.05, 0) is 56.0 Å². The third-order valence-corrected chi connectivity index (χ3v) is 16.3. The molecule has 0 bridgehead atoms. The number of rotatable bonds is 8. The zero-order chi connectivity index (χ0) is 18.8. The molecule has 0 aromatic heterocycles. The Morgan fingerprint density at radius 2 is 1.28 bits per heavy atom. The molecule has 0 saturated carbocycles. The summed E-state index contributed by atoms with van der Waals surface area (Å²) in [6, 6.07) is 2.49. The van der Waals surface area contributed by atoms with E-state index in [9.17, 15) is 0 Å². The molecular weight excluding hydrogens is 332 g/mol. The van der Waals surface area contributed by atoms with Crippen molar-refractivity contribution in [2.75, 3.05) is 0 Å². The molecule has 0 radical (unpaired) electrons. The molecule has 0 nitrogen and oxygen atoms in total. The molecule has 1 unspecified atom stereocenters. The molecule has 25 heavy (non-hydrogen) atoms. The van der Waals surface area contributed by atoms with Gasteiger partial charge in [0.1, 0.15) is 8.07 Å². The fraction of sp³-hybridized carbons (Fsp3) is 0.391. The molecule has 0 aliphatic heterocycles. The van der Waals surface area contributed by atoms with Crippen LogP contribution in [-0.2, 0) is 0 Å². The van der Waals surface area contributed by atoms with Crippen molar-refractivity contribution < 1.29 is 0 Å². The minimum absolute atomic E-state index is 0.618. The molecule has 134 valence electrons. The van der Waals surface area contributed by atoms with Gasteiger partial charge in [-0.1, -0.05) is 65.1 Å². The lowest BCUT2D eigenvalue weighted by Crippen LogP contribution is -2.43. The Bertz CT molecular complexity index is 644. The van der Waals surface area contributed by atoms with Crippen LogP contribution in [0.5, 0.6) is 0 Å². The van der Waals surface area contributed by atoms with Gasteiger partial charge >= 0.3 is 0 Å². The first kappa shape index (κ1) is 19.9. The Labute approximate surface area is 157 Å². The van der Waals surface area contributed by atoms with Crippen molar-refractivity contribution in [2.24, 2.45) is 0 Å². The van der Waals surface area contributed by atoms with E-state index in [-0.39, 0.29) is 0 Å². The summed E-state index contributed by atoms with van der Waals surface area (Å²) in [6.45, 7) is 24.3. The van der Waals surface area contributed by atoms with Gasteiger partial charge in [-0.15, -0.1) is 19.7 Å². The summed E-state index contributed by atoms with van der Waals surface area (Å²) < 4.78 is 0. The summed E-state index contributed by atoms with van der Waals surface area (Å²) in [4.78, 5) is 0. The van der Waals surface area contributed by atoms with Crippen molar-refractivity contribution in [3.8, 4) is 0 Å². The number of allylic oxidation sites excluding steroid dienone is 8. The molecule has 0 fully saturated rings. The van der Waals surface area contributed by atoms with E-state index in [1.54, 1.807) is 11.1 Å². The molecule has 0 aromatic rings. The van der Waals surface area contributed by atoms with E-state index in [0.717, 1.165) is 0 Å². The predicted octanol–water partition coefficient (Wildman–Crippen LogP) is 7.24. The average molecular weight is 367 g/mol.